The Hall–Kier alpha value is -2.04. The zero-order valence-corrected chi connectivity index (χ0v) is 10.8. The van der Waals surface area contributed by atoms with Crippen molar-refractivity contribution in [2.24, 2.45) is 0 Å². The Kier molecular flexibility index (Phi) is 2.47. The van der Waals surface area contributed by atoms with Gasteiger partial charge in [0.25, 0.3) is 0 Å². The van der Waals surface area contributed by atoms with Crippen molar-refractivity contribution in [1.82, 2.24) is 14.5 Å². The second-order valence-corrected chi connectivity index (χ2v) is 4.33. The van der Waals surface area contributed by atoms with Crippen LogP contribution in [0.25, 0.3) is 5.82 Å². The van der Waals surface area contributed by atoms with Crippen molar-refractivity contribution in [2.75, 3.05) is 12.4 Å². The fourth-order valence-electron chi connectivity index (χ4n) is 2.35. The molecule has 0 unspecified atom stereocenters. The van der Waals surface area contributed by atoms with Gasteiger partial charge < -0.3 is 10.1 Å². The lowest BCUT2D eigenvalue weighted by molar-refractivity contribution is 0.397. The first-order chi connectivity index (χ1) is 8.74. The van der Waals surface area contributed by atoms with E-state index in [1.54, 1.807) is 7.11 Å². The van der Waals surface area contributed by atoms with Crippen LogP contribution in [0.1, 0.15) is 24.1 Å². The molecule has 2 aromatic rings. The Morgan fingerprint density at radius 3 is 2.94 bits per heavy atom. The molecule has 2 aromatic heterocycles. The molecular weight excluding hydrogens is 228 g/mol. The number of aryl methyl sites for hydroxylation is 2. The third-order valence-corrected chi connectivity index (χ3v) is 3.28. The molecule has 0 spiro atoms. The van der Waals surface area contributed by atoms with Gasteiger partial charge in [0, 0.05) is 12.5 Å². The number of rotatable bonds is 2. The first-order valence-electron chi connectivity index (χ1n) is 6.11. The largest absolute Gasteiger partial charge is 0.481 e. The van der Waals surface area contributed by atoms with Crippen LogP contribution in [-0.4, -0.2) is 21.6 Å². The smallest absolute Gasteiger partial charge is 0.215 e. The SMILES string of the molecule is CCc1nc(C)c2n1-c1nc(OC)ccc1NC2. The lowest BCUT2D eigenvalue weighted by Gasteiger charge is -2.21. The minimum Gasteiger partial charge on any atom is -0.481 e. The average molecular weight is 244 g/mol. The summed E-state index contributed by atoms with van der Waals surface area (Å²) in [5.41, 5.74) is 3.27. The maximum absolute atomic E-state index is 5.20. The minimum atomic E-state index is 0.622. The van der Waals surface area contributed by atoms with E-state index in [0.29, 0.717) is 5.88 Å². The maximum Gasteiger partial charge on any atom is 0.215 e. The normalized spacial score (nSPS) is 12.6. The Balaban J connectivity index is 2.25. The van der Waals surface area contributed by atoms with Crippen LogP contribution in [-0.2, 0) is 13.0 Å². The Labute approximate surface area is 106 Å². The van der Waals surface area contributed by atoms with E-state index in [-0.39, 0.29) is 0 Å². The summed E-state index contributed by atoms with van der Waals surface area (Å²) < 4.78 is 7.35. The summed E-state index contributed by atoms with van der Waals surface area (Å²) in [6, 6.07) is 3.87. The zero-order valence-electron chi connectivity index (χ0n) is 10.8. The molecule has 0 atom stereocenters. The third-order valence-electron chi connectivity index (χ3n) is 3.28. The Morgan fingerprint density at radius 1 is 1.39 bits per heavy atom. The van der Waals surface area contributed by atoms with Gasteiger partial charge in [-0.3, -0.25) is 4.57 Å². The lowest BCUT2D eigenvalue weighted by atomic mass is 10.2. The highest BCUT2D eigenvalue weighted by molar-refractivity contribution is 5.62. The van der Waals surface area contributed by atoms with E-state index in [1.165, 1.54) is 5.69 Å². The van der Waals surface area contributed by atoms with Gasteiger partial charge >= 0.3 is 0 Å². The number of nitrogens with one attached hydrogen (secondary N) is 1. The monoisotopic (exact) mass is 244 g/mol. The molecule has 1 aliphatic heterocycles. The maximum atomic E-state index is 5.20. The third kappa shape index (κ3) is 1.47. The highest BCUT2D eigenvalue weighted by Gasteiger charge is 2.22. The van der Waals surface area contributed by atoms with Crippen molar-refractivity contribution >= 4 is 5.69 Å². The average Bonchev–Trinajstić information content (AvgIpc) is 2.75. The number of fused-ring (bicyclic) bond motifs is 3. The van der Waals surface area contributed by atoms with Gasteiger partial charge in [-0.2, -0.15) is 4.98 Å². The predicted molar refractivity (Wildman–Crippen MR) is 69.4 cm³/mol. The van der Waals surface area contributed by atoms with Gasteiger partial charge in [0.15, 0.2) is 5.82 Å². The summed E-state index contributed by atoms with van der Waals surface area (Å²) in [4.78, 5) is 9.14. The van der Waals surface area contributed by atoms with Gasteiger partial charge in [0.1, 0.15) is 5.82 Å². The standard InChI is InChI=1S/C13H16N4O/c1-4-11-15-8(2)10-7-14-9-5-6-12(18-3)16-13(9)17(10)11/h5-6,14H,4,7H2,1-3H3. The second-order valence-electron chi connectivity index (χ2n) is 4.33. The molecule has 0 aliphatic carbocycles. The summed E-state index contributed by atoms with van der Waals surface area (Å²) in [6.07, 6.45) is 0.888. The summed E-state index contributed by atoms with van der Waals surface area (Å²) in [5.74, 6) is 2.55. The number of imidazole rings is 1. The molecular formula is C13H16N4O. The van der Waals surface area contributed by atoms with Crippen molar-refractivity contribution in [3.05, 3.63) is 29.3 Å². The highest BCUT2D eigenvalue weighted by Crippen LogP contribution is 2.30. The topological polar surface area (TPSA) is 52.0 Å². The summed E-state index contributed by atoms with van der Waals surface area (Å²) in [6.45, 7) is 4.94. The fraction of sp³-hybridized carbons (Fsp3) is 0.385. The number of aromatic nitrogens is 3. The van der Waals surface area contributed by atoms with Gasteiger partial charge in [0.2, 0.25) is 5.88 Å². The number of nitrogens with zero attached hydrogens (tertiary/aromatic N) is 3. The minimum absolute atomic E-state index is 0.622. The molecule has 3 rings (SSSR count). The number of anilines is 1. The molecule has 1 aliphatic rings. The van der Waals surface area contributed by atoms with E-state index >= 15 is 0 Å². The molecule has 18 heavy (non-hydrogen) atoms. The summed E-state index contributed by atoms with van der Waals surface area (Å²) >= 11 is 0. The first kappa shape index (κ1) is 11.1. The van der Waals surface area contributed by atoms with Crippen molar-refractivity contribution < 1.29 is 4.74 Å². The highest BCUT2D eigenvalue weighted by atomic mass is 16.5. The predicted octanol–water partition coefficient (Wildman–Crippen LogP) is 2.07. The second kappa shape index (κ2) is 4.01. The van der Waals surface area contributed by atoms with E-state index in [9.17, 15) is 0 Å². The molecule has 94 valence electrons. The van der Waals surface area contributed by atoms with Crippen molar-refractivity contribution in [3.63, 3.8) is 0 Å². The van der Waals surface area contributed by atoms with Gasteiger partial charge in [-0.15, -0.1) is 0 Å². The molecule has 3 heterocycles. The van der Waals surface area contributed by atoms with E-state index < -0.39 is 0 Å². The zero-order chi connectivity index (χ0) is 12.7. The first-order valence-corrected chi connectivity index (χ1v) is 6.11. The van der Waals surface area contributed by atoms with Gasteiger partial charge in [0.05, 0.1) is 30.7 Å². The van der Waals surface area contributed by atoms with Crippen LogP contribution in [0, 0.1) is 6.92 Å². The lowest BCUT2D eigenvalue weighted by Crippen LogP contribution is -2.18. The number of pyridine rings is 1. The summed E-state index contributed by atoms with van der Waals surface area (Å²) in [5, 5.41) is 3.37. The molecule has 1 N–H and O–H groups in total. The van der Waals surface area contributed by atoms with E-state index in [1.807, 2.05) is 19.1 Å². The molecule has 0 aromatic carbocycles. The van der Waals surface area contributed by atoms with E-state index in [4.69, 9.17) is 4.74 Å². The van der Waals surface area contributed by atoms with Crippen molar-refractivity contribution in [1.29, 1.82) is 0 Å². The molecule has 0 radical (unpaired) electrons. The number of ether oxygens (including phenoxy) is 1. The number of methoxy groups -OCH3 is 1. The fourth-order valence-corrected chi connectivity index (χ4v) is 2.35. The van der Waals surface area contributed by atoms with Crippen LogP contribution in [0.2, 0.25) is 0 Å². The van der Waals surface area contributed by atoms with Crippen molar-refractivity contribution in [3.8, 4) is 11.7 Å². The van der Waals surface area contributed by atoms with Gasteiger partial charge in [-0.1, -0.05) is 6.92 Å². The Morgan fingerprint density at radius 2 is 2.22 bits per heavy atom. The van der Waals surface area contributed by atoms with Crippen LogP contribution < -0.4 is 10.1 Å². The van der Waals surface area contributed by atoms with Crippen LogP contribution in [0.5, 0.6) is 5.88 Å². The number of hydrogen-bond donors (Lipinski definition) is 1. The van der Waals surface area contributed by atoms with Crippen LogP contribution in [0.15, 0.2) is 12.1 Å². The molecule has 5 nitrogen and oxygen atoms in total. The quantitative estimate of drug-likeness (QED) is 0.878. The van der Waals surface area contributed by atoms with E-state index in [0.717, 1.165) is 36.0 Å². The van der Waals surface area contributed by atoms with E-state index in [2.05, 4.69) is 26.8 Å². The van der Waals surface area contributed by atoms with Gasteiger partial charge in [-0.25, -0.2) is 4.98 Å². The molecule has 0 fully saturated rings. The Bertz CT molecular complexity index is 603. The summed E-state index contributed by atoms with van der Waals surface area (Å²) in [7, 11) is 1.63. The van der Waals surface area contributed by atoms with Crippen molar-refractivity contribution in [2.45, 2.75) is 26.8 Å². The molecule has 5 heteroatoms. The molecule has 0 saturated carbocycles. The van der Waals surface area contributed by atoms with Gasteiger partial charge in [-0.05, 0) is 13.0 Å². The van der Waals surface area contributed by atoms with Crippen LogP contribution in [0.4, 0.5) is 5.69 Å². The van der Waals surface area contributed by atoms with Crippen LogP contribution >= 0.6 is 0 Å². The molecule has 0 saturated heterocycles. The molecule has 0 bridgehead atoms. The van der Waals surface area contributed by atoms with Crippen LogP contribution in [0.3, 0.4) is 0 Å². The number of hydrogen-bond acceptors (Lipinski definition) is 4. The molecule has 0 amide bonds.